The largest absolute Gasteiger partial charge is 0.484 e. The third kappa shape index (κ3) is 4.72. The van der Waals surface area contributed by atoms with Gasteiger partial charge >= 0.3 is 0 Å². The zero-order valence-electron chi connectivity index (χ0n) is 17.5. The van der Waals surface area contributed by atoms with Crippen LogP contribution < -0.4 is 20.7 Å². The summed E-state index contributed by atoms with van der Waals surface area (Å²) in [6.07, 6.45) is 2.73. The Hall–Kier alpha value is -3.46. The van der Waals surface area contributed by atoms with Gasteiger partial charge in [0.05, 0.1) is 23.2 Å². The van der Waals surface area contributed by atoms with Gasteiger partial charge in [-0.25, -0.2) is 19.3 Å². The molecule has 32 heavy (non-hydrogen) atoms. The molecule has 1 aliphatic rings. The number of hydrogen-bond donors (Lipinski definition) is 3. The van der Waals surface area contributed by atoms with E-state index < -0.39 is 5.82 Å². The number of pyridine rings is 1. The first-order valence-corrected chi connectivity index (χ1v) is 10.4. The zero-order valence-corrected chi connectivity index (χ0v) is 18.3. The van der Waals surface area contributed by atoms with Gasteiger partial charge in [0.25, 0.3) is 5.91 Å². The van der Waals surface area contributed by atoms with Crippen LogP contribution >= 0.6 is 11.6 Å². The second kappa shape index (κ2) is 9.35. The summed E-state index contributed by atoms with van der Waals surface area (Å²) in [5, 5.41) is 9.33. The zero-order chi connectivity index (χ0) is 22.7. The first-order valence-electron chi connectivity index (χ1n) is 10.1. The van der Waals surface area contributed by atoms with Crippen molar-refractivity contribution in [1.29, 1.82) is 0 Å². The second-order valence-electron chi connectivity index (χ2n) is 7.35. The molecule has 0 radical (unpaired) electrons. The Morgan fingerprint density at radius 3 is 3.00 bits per heavy atom. The summed E-state index contributed by atoms with van der Waals surface area (Å²) in [6.45, 7) is 2.35. The quantitative estimate of drug-likeness (QED) is 0.500. The molecule has 0 bridgehead atoms. The molecule has 4 rings (SSSR count). The minimum atomic E-state index is -0.553. The van der Waals surface area contributed by atoms with Gasteiger partial charge in [0.15, 0.2) is 18.2 Å². The minimum Gasteiger partial charge on any atom is -0.484 e. The van der Waals surface area contributed by atoms with Gasteiger partial charge in [-0.15, -0.1) is 0 Å². The number of anilines is 2. The maximum absolute atomic E-state index is 14.5. The smallest absolute Gasteiger partial charge is 0.257 e. The number of fused-ring (bicyclic) bond motifs is 1. The number of aromatic nitrogens is 3. The topological polar surface area (TPSA) is 101 Å². The Morgan fingerprint density at radius 2 is 2.19 bits per heavy atom. The number of amides is 1. The second-order valence-corrected chi connectivity index (χ2v) is 7.79. The fourth-order valence-corrected chi connectivity index (χ4v) is 3.61. The average molecular weight is 457 g/mol. The molecular weight excluding hydrogens is 435 g/mol. The summed E-state index contributed by atoms with van der Waals surface area (Å²) in [7, 11) is 1.55. The van der Waals surface area contributed by atoms with E-state index in [2.05, 4.69) is 30.9 Å². The monoisotopic (exact) mass is 456 g/mol. The van der Waals surface area contributed by atoms with Gasteiger partial charge in [-0.2, -0.15) is 0 Å². The molecule has 1 aliphatic heterocycles. The minimum absolute atomic E-state index is 0.0819. The van der Waals surface area contributed by atoms with Crippen LogP contribution in [0.2, 0.25) is 5.02 Å². The fourth-order valence-electron chi connectivity index (χ4n) is 3.44. The predicted octanol–water partition coefficient (Wildman–Crippen LogP) is 3.52. The molecule has 0 aliphatic carbocycles. The lowest BCUT2D eigenvalue weighted by Gasteiger charge is -2.18. The van der Waals surface area contributed by atoms with Crippen molar-refractivity contribution in [2.45, 2.75) is 18.9 Å². The maximum atomic E-state index is 14.5. The highest BCUT2D eigenvalue weighted by Crippen LogP contribution is 2.35. The van der Waals surface area contributed by atoms with Crippen LogP contribution in [0.5, 0.6) is 5.75 Å². The SMILES string of the molecule is CNC(=O)COc1cccc([C@H](C)Nc2nc(C3CNc4ncc(Cl)cc43)ncc2F)c1. The number of carbonyl (C=O) groups excluding carboxylic acids is 1. The van der Waals surface area contributed by atoms with E-state index in [0.717, 1.165) is 23.1 Å². The Labute approximate surface area is 189 Å². The van der Waals surface area contributed by atoms with Crippen molar-refractivity contribution in [2.24, 2.45) is 0 Å². The Balaban J connectivity index is 1.52. The van der Waals surface area contributed by atoms with Crippen molar-refractivity contribution in [2.75, 3.05) is 30.8 Å². The Kier molecular flexibility index (Phi) is 6.36. The molecule has 0 spiro atoms. The van der Waals surface area contributed by atoms with Crippen LogP contribution in [0.25, 0.3) is 0 Å². The van der Waals surface area contributed by atoms with E-state index in [0.29, 0.717) is 23.1 Å². The molecule has 10 heteroatoms. The van der Waals surface area contributed by atoms with Crippen molar-refractivity contribution >= 4 is 29.1 Å². The standard InChI is InChI=1S/C22H22ClFN6O2/c1-12(13-4-3-5-15(6-13)32-11-19(31)25-2)29-22-18(24)10-28-21(30-22)17-9-27-20-16(17)7-14(23)8-26-20/h3-8,10,12,17H,9,11H2,1-2H3,(H,25,31)(H,26,27)(H,28,29,30)/t12-,17?/m0/s1. The first kappa shape index (κ1) is 21.8. The van der Waals surface area contributed by atoms with Crippen LogP contribution in [-0.2, 0) is 4.79 Å². The number of halogens is 2. The molecule has 3 aromatic rings. The molecule has 1 unspecified atom stereocenters. The third-order valence-electron chi connectivity index (χ3n) is 5.17. The summed E-state index contributed by atoms with van der Waals surface area (Å²) < 4.78 is 20.0. The van der Waals surface area contributed by atoms with Gasteiger partial charge in [0.1, 0.15) is 17.4 Å². The van der Waals surface area contributed by atoms with Crippen LogP contribution in [0.3, 0.4) is 0 Å². The van der Waals surface area contributed by atoms with Crippen LogP contribution in [-0.4, -0.2) is 41.1 Å². The summed E-state index contributed by atoms with van der Waals surface area (Å²) in [6, 6.07) is 8.79. The summed E-state index contributed by atoms with van der Waals surface area (Å²) in [5.41, 5.74) is 1.73. The van der Waals surface area contributed by atoms with Crippen LogP contribution in [0.15, 0.2) is 42.7 Å². The third-order valence-corrected chi connectivity index (χ3v) is 5.37. The average Bonchev–Trinajstić information content (AvgIpc) is 3.22. The molecule has 1 amide bonds. The molecule has 3 heterocycles. The summed E-state index contributed by atoms with van der Waals surface area (Å²) in [5.74, 6) is 0.876. The van der Waals surface area contributed by atoms with Gasteiger partial charge < -0.3 is 20.7 Å². The van der Waals surface area contributed by atoms with Gasteiger partial charge in [0, 0.05) is 25.4 Å². The van der Waals surface area contributed by atoms with E-state index in [-0.39, 0.29) is 30.3 Å². The molecule has 2 atom stereocenters. The first-order chi connectivity index (χ1) is 15.4. The lowest BCUT2D eigenvalue weighted by atomic mass is 10.0. The normalized spacial score (nSPS) is 15.4. The number of benzene rings is 1. The number of nitrogens with one attached hydrogen (secondary N) is 3. The van der Waals surface area contributed by atoms with Crippen LogP contribution in [0.1, 0.15) is 35.8 Å². The molecule has 8 nitrogen and oxygen atoms in total. The highest BCUT2D eigenvalue weighted by Gasteiger charge is 2.28. The van der Waals surface area contributed by atoms with E-state index >= 15 is 0 Å². The van der Waals surface area contributed by atoms with Gasteiger partial charge in [-0.1, -0.05) is 23.7 Å². The summed E-state index contributed by atoms with van der Waals surface area (Å²) in [4.78, 5) is 24.3. The van der Waals surface area contributed by atoms with Crippen molar-refractivity contribution in [3.05, 3.63) is 70.5 Å². The van der Waals surface area contributed by atoms with Crippen LogP contribution in [0, 0.1) is 5.82 Å². The molecular formula is C22H22ClFN6O2. The van der Waals surface area contributed by atoms with Crippen molar-refractivity contribution < 1.29 is 13.9 Å². The fraction of sp³-hybridized carbons (Fsp3) is 0.273. The van der Waals surface area contributed by atoms with E-state index in [9.17, 15) is 9.18 Å². The van der Waals surface area contributed by atoms with Crippen molar-refractivity contribution in [3.8, 4) is 5.75 Å². The number of likely N-dealkylation sites (N-methyl/N-ethyl adjacent to an activating group) is 1. The van der Waals surface area contributed by atoms with Gasteiger partial charge in [0.2, 0.25) is 0 Å². The Morgan fingerprint density at radius 1 is 1.34 bits per heavy atom. The Bertz CT molecular complexity index is 1150. The number of rotatable bonds is 7. The van der Waals surface area contributed by atoms with E-state index in [4.69, 9.17) is 16.3 Å². The number of carbonyl (C=O) groups is 1. The number of hydrogen-bond acceptors (Lipinski definition) is 7. The van der Waals surface area contributed by atoms with E-state index in [1.165, 1.54) is 0 Å². The van der Waals surface area contributed by atoms with E-state index in [1.54, 1.807) is 25.4 Å². The van der Waals surface area contributed by atoms with Gasteiger partial charge in [-0.3, -0.25) is 4.79 Å². The lowest BCUT2D eigenvalue weighted by Crippen LogP contribution is -2.24. The summed E-state index contributed by atoms with van der Waals surface area (Å²) >= 11 is 6.09. The lowest BCUT2D eigenvalue weighted by molar-refractivity contribution is -0.122. The number of nitrogens with zero attached hydrogens (tertiary/aromatic N) is 3. The molecule has 3 N–H and O–H groups in total. The molecule has 0 fully saturated rings. The highest BCUT2D eigenvalue weighted by atomic mass is 35.5. The maximum Gasteiger partial charge on any atom is 0.257 e. The van der Waals surface area contributed by atoms with Crippen LogP contribution in [0.4, 0.5) is 16.0 Å². The molecule has 166 valence electrons. The predicted molar refractivity (Wildman–Crippen MR) is 120 cm³/mol. The van der Waals surface area contributed by atoms with E-state index in [1.807, 2.05) is 25.1 Å². The molecule has 1 aromatic carbocycles. The van der Waals surface area contributed by atoms with Crippen molar-refractivity contribution in [3.63, 3.8) is 0 Å². The number of ether oxygens (including phenoxy) is 1. The molecule has 2 aromatic heterocycles. The van der Waals surface area contributed by atoms with Gasteiger partial charge in [-0.05, 0) is 30.7 Å². The molecule has 0 saturated carbocycles. The molecule has 0 saturated heterocycles. The highest BCUT2D eigenvalue weighted by molar-refractivity contribution is 6.30. The van der Waals surface area contributed by atoms with Crippen molar-refractivity contribution in [1.82, 2.24) is 20.3 Å².